The molecule has 1 N–H and O–H groups in total. The van der Waals surface area contributed by atoms with Crippen LogP contribution in [-0.2, 0) is 4.74 Å². The zero-order chi connectivity index (χ0) is 11.5. The molecule has 0 spiro atoms. The Hall–Kier alpha value is -2.46. The molecule has 0 radical (unpaired) electrons. The molecule has 6 nitrogen and oxygen atoms in total. The zero-order valence-electron chi connectivity index (χ0n) is 8.47. The van der Waals surface area contributed by atoms with Crippen LogP contribution in [0.1, 0.15) is 10.4 Å². The second-order valence-corrected chi connectivity index (χ2v) is 3.11. The molecule has 0 aliphatic heterocycles. The van der Waals surface area contributed by atoms with Gasteiger partial charge in [-0.3, -0.25) is 0 Å². The molecule has 1 aromatic heterocycles. The van der Waals surface area contributed by atoms with Gasteiger partial charge in [-0.15, -0.1) is 0 Å². The summed E-state index contributed by atoms with van der Waals surface area (Å²) in [5, 5.41) is 4.22. The van der Waals surface area contributed by atoms with E-state index in [1.807, 2.05) is 0 Å². The number of fused-ring (bicyclic) bond motifs is 1. The van der Waals surface area contributed by atoms with Crippen molar-refractivity contribution in [3.05, 3.63) is 40.4 Å². The summed E-state index contributed by atoms with van der Waals surface area (Å²) in [5.74, 6) is -0.400. The monoisotopic (exact) mass is 216 g/mol. The lowest BCUT2D eigenvalue weighted by molar-refractivity contribution is 0.0603. The molecule has 0 aliphatic rings. The molecule has 80 valence electrons. The fraction of sp³-hybridized carbons (Fsp3) is 0.100. The maximum atomic E-state index is 11.4. The Bertz CT molecular complexity index is 596. The topological polar surface area (TPSA) is 90.9 Å². The first kappa shape index (κ1) is 10.1. The van der Waals surface area contributed by atoms with E-state index in [9.17, 15) is 4.79 Å². The molecule has 16 heavy (non-hydrogen) atoms. The average Bonchev–Trinajstić information content (AvgIpc) is 2.71. The van der Waals surface area contributed by atoms with Crippen molar-refractivity contribution in [2.24, 2.45) is 5.11 Å². The summed E-state index contributed by atoms with van der Waals surface area (Å²) in [6.45, 7) is 0. The molecule has 0 aliphatic carbocycles. The average molecular weight is 216 g/mol. The summed E-state index contributed by atoms with van der Waals surface area (Å²) in [5.41, 5.74) is 9.98. The lowest BCUT2D eigenvalue weighted by atomic mass is 10.1. The number of H-pyrrole nitrogens is 1. The van der Waals surface area contributed by atoms with Crippen LogP contribution >= 0.6 is 0 Å². The van der Waals surface area contributed by atoms with Crippen LogP contribution in [0.15, 0.2) is 29.5 Å². The minimum atomic E-state index is -0.400. The number of rotatable bonds is 2. The number of esters is 1. The van der Waals surface area contributed by atoms with E-state index in [-0.39, 0.29) is 0 Å². The highest BCUT2D eigenvalue weighted by atomic mass is 16.5. The van der Waals surface area contributed by atoms with E-state index in [1.54, 1.807) is 24.4 Å². The number of hydrogen-bond donors (Lipinski definition) is 1. The van der Waals surface area contributed by atoms with Gasteiger partial charge in [0.2, 0.25) is 0 Å². The van der Waals surface area contributed by atoms with Crippen LogP contribution in [0.5, 0.6) is 0 Å². The largest absolute Gasteiger partial charge is 0.465 e. The normalized spacial score (nSPS) is 9.81. The van der Waals surface area contributed by atoms with Crippen molar-refractivity contribution >= 4 is 22.6 Å². The van der Waals surface area contributed by atoms with Gasteiger partial charge in [0, 0.05) is 27.7 Å². The molecule has 0 bridgehead atoms. The van der Waals surface area contributed by atoms with Crippen molar-refractivity contribution in [2.75, 3.05) is 7.11 Å². The lowest BCUT2D eigenvalue weighted by Gasteiger charge is -1.96. The number of nitrogens with one attached hydrogen (secondary N) is 1. The van der Waals surface area contributed by atoms with Crippen molar-refractivity contribution in [1.82, 2.24) is 4.98 Å². The van der Waals surface area contributed by atoms with E-state index in [1.165, 1.54) is 7.11 Å². The highest BCUT2D eigenvalue weighted by Crippen LogP contribution is 2.24. The Morgan fingerprint density at radius 2 is 2.38 bits per heavy atom. The maximum absolute atomic E-state index is 11.4. The molecule has 0 saturated heterocycles. The zero-order valence-corrected chi connectivity index (χ0v) is 8.47. The number of hydrogen-bond acceptors (Lipinski definition) is 3. The molecule has 0 amide bonds. The minimum absolute atomic E-state index is 0.400. The summed E-state index contributed by atoms with van der Waals surface area (Å²) in [4.78, 5) is 17.0. The third kappa shape index (κ3) is 1.57. The van der Waals surface area contributed by atoms with Crippen molar-refractivity contribution < 1.29 is 9.53 Å². The first-order valence-electron chi connectivity index (χ1n) is 4.51. The Balaban J connectivity index is 2.58. The van der Waals surface area contributed by atoms with Crippen LogP contribution in [0.4, 0.5) is 5.69 Å². The van der Waals surface area contributed by atoms with Gasteiger partial charge in [0.25, 0.3) is 0 Å². The molecule has 0 unspecified atom stereocenters. The first-order chi connectivity index (χ1) is 7.76. The standard InChI is InChI=1S/C10H8N4O2/c1-16-10(15)8-5-12-9-4-6(13-14-11)2-3-7(8)9/h2-5,12H,1H3. The number of methoxy groups -OCH3 is 1. The number of nitrogens with zero attached hydrogens (tertiary/aromatic N) is 3. The summed E-state index contributed by atoms with van der Waals surface area (Å²) >= 11 is 0. The fourth-order valence-electron chi connectivity index (χ4n) is 1.51. The van der Waals surface area contributed by atoms with E-state index in [0.29, 0.717) is 11.3 Å². The Morgan fingerprint density at radius 1 is 1.56 bits per heavy atom. The lowest BCUT2D eigenvalue weighted by Crippen LogP contribution is -1.99. The van der Waals surface area contributed by atoms with Gasteiger partial charge in [-0.1, -0.05) is 17.2 Å². The number of carbonyl (C=O) groups excluding carboxylic acids is 1. The predicted molar refractivity (Wildman–Crippen MR) is 58.4 cm³/mol. The molecular weight excluding hydrogens is 208 g/mol. The van der Waals surface area contributed by atoms with E-state index in [0.717, 1.165) is 10.9 Å². The predicted octanol–water partition coefficient (Wildman–Crippen LogP) is 2.90. The van der Waals surface area contributed by atoms with Crippen LogP contribution in [0.3, 0.4) is 0 Å². The number of azide groups is 1. The summed E-state index contributed by atoms with van der Waals surface area (Å²) in [7, 11) is 1.33. The Kier molecular flexibility index (Phi) is 2.49. The molecule has 0 atom stereocenters. The van der Waals surface area contributed by atoms with Crippen LogP contribution in [0.25, 0.3) is 21.3 Å². The van der Waals surface area contributed by atoms with Crippen LogP contribution < -0.4 is 0 Å². The van der Waals surface area contributed by atoms with Gasteiger partial charge in [-0.25, -0.2) is 4.79 Å². The number of aromatic amines is 1. The van der Waals surface area contributed by atoms with E-state index >= 15 is 0 Å². The second-order valence-electron chi connectivity index (χ2n) is 3.11. The molecule has 0 fully saturated rings. The fourth-order valence-corrected chi connectivity index (χ4v) is 1.51. The molecule has 1 aromatic carbocycles. The number of ether oxygens (including phenoxy) is 1. The highest BCUT2D eigenvalue weighted by Gasteiger charge is 2.11. The van der Waals surface area contributed by atoms with Crippen LogP contribution in [-0.4, -0.2) is 18.1 Å². The molecule has 2 rings (SSSR count). The summed E-state index contributed by atoms with van der Waals surface area (Å²) in [6.07, 6.45) is 1.57. The van der Waals surface area contributed by atoms with Gasteiger partial charge in [0.1, 0.15) is 0 Å². The smallest absolute Gasteiger partial charge is 0.340 e. The first-order valence-corrected chi connectivity index (χ1v) is 4.51. The highest BCUT2D eigenvalue weighted by molar-refractivity contribution is 6.04. The number of aromatic nitrogens is 1. The van der Waals surface area contributed by atoms with Crippen molar-refractivity contribution in [3.8, 4) is 0 Å². The quantitative estimate of drug-likeness (QED) is 0.362. The van der Waals surface area contributed by atoms with Gasteiger partial charge in [-0.2, -0.15) is 0 Å². The molecule has 2 aromatic rings. The van der Waals surface area contributed by atoms with Crippen LogP contribution in [0, 0.1) is 0 Å². The molecule has 6 heteroatoms. The Morgan fingerprint density at radius 3 is 3.06 bits per heavy atom. The van der Waals surface area contributed by atoms with Crippen molar-refractivity contribution in [3.63, 3.8) is 0 Å². The summed E-state index contributed by atoms with van der Waals surface area (Å²) in [6, 6.07) is 5.02. The van der Waals surface area contributed by atoms with Gasteiger partial charge < -0.3 is 9.72 Å². The SMILES string of the molecule is COC(=O)c1c[nH]c2cc(N=[N+]=[N-])ccc12. The summed E-state index contributed by atoms with van der Waals surface area (Å²) < 4.78 is 4.64. The third-order valence-electron chi connectivity index (χ3n) is 2.23. The van der Waals surface area contributed by atoms with Gasteiger partial charge >= 0.3 is 5.97 Å². The number of carbonyl (C=O) groups is 1. The number of benzene rings is 1. The third-order valence-corrected chi connectivity index (χ3v) is 2.23. The molecule has 1 heterocycles. The van der Waals surface area contributed by atoms with E-state index in [4.69, 9.17) is 5.53 Å². The minimum Gasteiger partial charge on any atom is -0.465 e. The van der Waals surface area contributed by atoms with Gasteiger partial charge in [-0.05, 0) is 11.6 Å². The van der Waals surface area contributed by atoms with Crippen molar-refractivity contribution in [2.45, 2.75) is 0 Å². The van der Waals surface area contributed by atoms with Crippen LogP contribution in [0.2, 0.25) is 0 Å². The second kappa shape index (κ2) is 3.96. The van der Waals surface area contributed by atoms with Gasteiger partial charge in [0.15, 0.2) is 0 Å². The van der Waals surface area contributed by atoms with Gasteiger partial charge in [0.05, 0.1) is 12.7 Å². The van der Waals surface area contributed by atoms with E-state index < -0.39 is 5.97 Å². The Labute approximate surface area is 90.5 Å². The van der Waals surface area contributed by atoms with Crippen molar-refractivity contribution in [1.29, 1.82) is 0 Å². The van der Waals surface area contributed by atoms with E-state index in [2.05, 4.69) is 19.7 Å². The maximum Gasteiger partial charge on any atom is 0.340 e. The molecule has 0 saturated carbocycles. The molecular formula is C10H8N4O2.